The molecule has 2 N–H and O–H groups in total. The summed E-state index contributed by atoms with van der Waals surface area (Å²) in [6, 6.07) is 10.2. The van der Waals surface area contributed by atoms with E-state index >= 15 is 0 Å². The van der Waals surface area contributed by atoms with E-state index in [1.807, 2.05) is 32.0 Å². The van der Waals surface area contributed by atoms with Gasteiger partial charge in [-0.2, -0.15) is 0 Å². The van der Waals surface area contributed by atoms with Crippen LogP contribution in [0.4, 0.5) is 5.95 Å². The van der Waals surface area contributed by atoms with Crippen LogP contribution < -0.4 is 15.4 Å². The normalized spacial score (nSPS) is 14.6. The van der Waals surface area contributed by atoms with Gasteiger partial charge in [-0.25, -0.2) is 15.0 Å². The van der Waals surface area contributed by atoms with Gasteiger partial charge in [-0.15, -0.1) is 11.3 Å². The number of aromatic nitrogens is 2. The van der Waals surface area contributed by atoms with E-state index in [1.165, 1.54) is 4.88 Å². The summed E-state index contributed by atoms with van der Waals surface area (Å²) in [5.74, 6) is 2.09. The Kier molecular flexibility index (Phi) is 5.68. The van der Waals surface area contributed by atoms with E-state index in [0.29, 0.717) is 25.2 Å². The molecule has 4 rings (SSSR count). The largest absolute Gasteiger partial charge is 0.494 e. The third-order valence-electron chi connectivity index (χ3n) is 4.55. The van der Waals surface area contributed by atoms with E-state index in [2.05, 4.69) is 48.0 Å². The predicted octanol–water partition coefficient (Wildman–Crippen LogP) is 3.23. The average Bonchev–Trinajstić information content (AvgIpc) is 3.22. The number of anilines is 1. The molecule has 0 fully saturated rings. The molecular formula is C20H24N6OS. The molecule has 3 aromatic rings. The first kappa shape index (κ1) is 18.6. The molecule has 1 aliphatic rings. The maximum absolute atomic E-state index is 5.57. The Hall–Kier alpha value is -2.71. The maximum atomic E-state index is 5.57. The van der Waals surface area contributed by atoms with Crippen molar-refractivity contribution in [2.45, 2.75) is 20.3 Å². The van der Waals surface area contributed by atoms with E-state index < -0.39 is 0 Å². The molecule has 0 radical (unpaired) electrons. The van der Waals surface area contributed by atoms with Crippen LogP contribution in [0.5, 0.6) is 5.75 Å². The van der Waals surface area contributed by atoms with Crippen molar-refractivity contribution in [3.63, 3.8) is 0 Å². The number of ether oxygens (including phenoxy) is 1. The Morgan fingerprint density at radius 1 is 1.29 bits per heavy atom. The van der Waals surface area contributed by atoms with E-state index in [9.17, 15) is 0 Å². The Morgan fingerprint density at radius 2 is 2.21 bits per heavy atom. The quantitative estimate of drug-likeness (QED) is 0.666. The number of aliphatic imine (C=N–C) groups is 1. The summed E-state index contributed by atoms with van der Waals surface area (Å²) in [5.41, 5.74) is 1.79. The van der Waals surface area contributed by atoms with Crippen LogP contribution in [0.15, 0.2) is 40.7 Å². The van der Waals surface area contributed by atoms with Crippen LogP contribution in [-0.2, 0) is 6.42 Å². The van der Waals surface area contributed by atoms with Gasteiger partial charge in [0.25, 0.3) is 0 Å². The van der Waals surface area contributed by atoms with E-state index in [-0.39, 0.29) is 0 Å². The summed E-state index contributed by atoms with van der Waals surface area (Å²) in [6.07, 6.45) is 1.05. The van der Waals surface area contributed by atoms with Crippen LogP contribution >= 0.6 is 11.3 Å². The van der Waals surface area contributed by atoms with Gasteiger partial charge in [0.05, 0.1) is 31.2 Å². The van der Waals surface area contributed by atoms with Crippen LogP contribution in [0.2, 0.25) is 0 Å². The highest BCUT2D eigenvalue weighted by atomic mass is 32.1. The second kappa shape index (κ2) is 8.53. The lowest BCUT2D eigenvalue weighted by Gasteiger charge is -2.26. The molecule has 0 saturated heterocycles. The Balaban J connectivity index is 1.40. The molecule has 0 amide bonds. The van der Waals surface area contributed by atoms with Gasteiger partial charge in [0.15, 0.2) is 0 Å². The van der Waals surface area contributed by atoms with Crippen LogP contribution in [0.3, 0.4) is 0 Å². The number of hydrogen-bond acceptors (Lipinski definition) is 8. The first-order valence-corrected chi connectivity index (χ1v) is 10.3. The summed E-state index contributed by atoms with van der Waals surface area (Å²) < 4.78 is 5.57. The van der Waals surface area contributed by atoms with Crippen LogP contribution in [0.1, 0.15) is 17.5 Å². The predicted molar refractivity (Wildman–Crippen MR) is 114 cm³/mol. The van der Waals surface area contributed by atoms with Crippen molar-refractivity contribution < 1.29 is 4.74 Å². The van der Waals surface area contributed by atoms with Gasteiger partial charge in [-0.3, -0.25) is 10.2 Å². The summed E-state index contributed by atoms with van der Waals surface area (Å²) in [5, 5.41) is 9.63. The van der Waals surface area contributed by atoms with Crippen molar-refractivity contribution in [3.05, 3.63) is 46.3 Å². The first-order chi connectivity index (χ1) is 13.7. The molecule has 1 aromatic carbocycles. The molecule has 0 atom stereocenters. The monoisotopic (exact) mass is 396 g/mol. The number of aryl methyl sites for hydroxylation is 1. The number of benzene rings is 1. The second-order valence-electron chi connectivity index (χ2n) is 6.58. The first-order valence-electron chi connectivity index (χ1n) is 9.42. The third kappa shape index (κ3) is 4.40. The number of thiophene rings is 1. The number of rotatable bonds is 6. The Bertz CT molecular complexity index is 972. The van der Waals surface area contributed by atoms with Gasteiger partial charge >= 0.3 is 0 Å². The highest BCUT2D eigenvalue weighted by molar-refractivity contribution is 7.09. The molecule has 1 aliphatic heterocycles. The second-order valence-corrected chi connectivity index (χ2v) is 7.61. The van der Waals surface area contributed by atoms with Gasteiger partial charge in [-0.1, -0.05) is 6.07 Å². The van der Waals surface area contributed by atoms with Crippen molar-refractivity contribution >= 4 is 34.1 Å². The smallest absolute Gasteiger partial charge is 0.230 e. The molecule has 28 heavy (non-hydrogen) atoms. The fraction of sp³-hybridized carbons (Fsp3) is 0.350. The van der Waals surface area contributed by atoms with Crippen molar-refractivity contribution in [1.82, 2.24) is 20.2 Å². The molecule has 2 aromatic heterocycles. The molecule has 0 bridgehead atoms. The number of guanidine groups is 1. The van der Waals surface area contributed by atoms with Crippen LogP contribution in [-0.4, -0.2) is 47.3 Å². The Labute approximate surface area is 168 Å². The van der Waals surface area contributed by atoms with Gasteiger partial charge in [-0.05, 0) is 49.9 Å². The van der Waals surface area contributed by atoms with E-state index in [0.717, 1.165) is 42.0 Å². The fourth-order valence-electron chi connectivity index (χ4n) is 3.10. The van der Waals surface area contributed by atoms with Crippen molar-refractivity contribution in [3.8, 4) is 5.75 Å². The summed E-state index contributed by atoms with van der Waals surface area (Å²) in [4.78, 5) is 17.4. The van der Waals surface area contributed by atoms with Gasteiger partial charge < -0.3 is 10.1 Å². The average molecular weight is 397 g/mol. The molecule has 3 heterocycles. The minimum Gasteiger partial charge on any atom is -0.494 e. The zero-order chi connectivity index (χ0) is 19.3. The van der Waals surface area contributed by atoms with Gasteiger partial charge in [0, 0.05) is 16.8 Å². The zero-order valence-corrected chi connectivity index (χ0v) is 16.9. The summed E-state index contributed by atoms with van der Waals surface area (Å²) >= 11 is 1.80. The zero-order valence-electron chi connectivity index (χ0n) is 16.1. The molecule has 7 nitrogen and oxygen atoms in total. The van der Waals surface area contributed by atoms with E-state index in [4.69, 9.17) is 4.74 Å². The topological polar surface area (TPSA) is 74.7 Å². The van der Waals surface area contributed by atoms with E-state index in [1.54, 1.807) is 11.3 Å². The molecule has 0 spiro atoms. The molecule has 8 heteroatoms. The fourth-order valence-corrected chi connectivity index (χ4v) is 3.80. The number of nitrogens with zero attached hydrogens (tertiary/aromatic N) is 4. The number of fused-ring (bicyclic) bond motifs is 1. The van der Waals surface area contributed by atoms with Gasteiger partial charge in [0.2, 0.25) is 11.9 Å². The summed E-state index contributed by atoms with van der Waals surface area (Å²) in [7, 11) is 0. The van der Waals surface area contributed by atoms with Crippen LogP contribution in [0, 0.1) is 6.92 Å². The maximum Gasteiger partial charge on any atom is 0.230 e. The number of nitrogens with one attached hydrogen (secondary N) is 2. The van der Waals surface area contributed by atoms with Crippen molar-refractivity contribution in [2.24, 2.45) is 4.99 Å². The molecule has 146 valence electrons. The number of hydrogen-bond donors (Lipinski definition) is 2. The lowest BCUT2D eigenvalue weighted by Crippen LogP contribution is -2.46. The SMILES string of the molecule is CCOc1ccc2nc(NC3=NCN(CCc4cccs4)CN3)nc(C)c2c1. The summed E-state index contributed by atoms with van der Waals surface area (Å²) in [6.45, 7) is 6.99. The minimum absolute atomic E-state index is 0.549. The Morgan fingerprint density at radius 3 is 2.96 bits per heavy atom. The van der Waals surface area contributed by atoms with Crippen LogP contribution in [0.25, 0.3) is 10.9 Å². The van der Waals surface area contributed by atoms with Gasteiger partial charge in [0.1, 0.15) is 5.75 Å². The molecular weight excluding hydrogens is 372 g/mol. The standard InChI is InChI=1S/C20H24N6OS/c1-3-27-15-6-7-18-17(11-15)14(2)23-20(24-18)25-19-21-12-26(13-22-19)9-8-16-5-4-10-28-16/h4-7,10-11H,3,8-9,12-13H2,1-2H3,(H2,21,22,23,24,25). The minimum atomic E-state index is 0.549. The van der Waals surface area contributed by atoms with Crippen molar-refractivity contribution in [2.75, 3.05) is 31.8 Å². The van der Waals surface area contributed by atoms with Crippen molar-refractivity contribution in [1.29, 1.82) is 0 Å². The molecule has 0 unspecified atom stereocenters. The highest BCUT2D eigenvalue weighted by Crippen LogP contribution is 2.23. The lowest BCUT2D eigenvalue weighted by molar-refractivity contribution is 0.269. The lowest BCUT2D eigenvalue weighted by atomic mass is 10.2. The molecule has 0 aliphatic carbocycles. The third-order valence-corrected chi connectivity index (χ3v) is 5.49. The highest BCUT2D eigenvalue weighted by Gasteiger charge is 2.14. The molecule has 0 saturated carbocycles.